The monoisotopic (exact) mass is 584 g/mol. The van der Waals surface area contributed by atoms with E-state index in [9.17, 15) is 14.4 Å². The maximum Gasteiger partial charge on any atom is 0.325 e. The van der Waals surface area contributed by atoms with Crippen molar-refractivity contribution < 1.29 is 28.6 Å². The number of esters is 1. The second-order valence-corrected chi connectivity index (χ2v) is 10.4. The average molecular weight is 585 g/mol. The molecule has 12 heteroatoms. The number of carbonyl (C=O) groups excluding carboxylic acids is 3. The molecular formula is C28H29ClN4O6S. The van der Waals surface area contributed by atoms with Gasteiger partial charge >= 0.3 is 5.97 Å². The molecule has 2 N–H and O–H groups in total. The van der Waals surface area contributed by atoms with Crippen LogP contribution in [0.25, 0.3) is 6.08 Å². The van der Waals surface area contributed by atoms with Crippen LogP contribution in [0.5, 0.6) is 16.7 Å². The number of hydrogen-bond donors (Lipinski definition) is 2. The number of benzene rings is 1. The van der Waals surface area contributed by atoms with E-state index in [0.29, 0.717) is 34.2 Å². The first-order valence-electron chi connectivity index (χ1n) is 12.8. The predicted molar refractivity (Wildman–Crippen MR) is 151 cm³/mol. The maximum atomic E-state index is 12.7. The molecule has 2 amide bonds. The van der Waals surface area contributed by atoms with Crippen molar-refractivity contribution in [1.29, 1.82) is 0 Å². The third kappa shape index (κ3) is 8.78. The van der Waals surface area contributed by atoms with Crippen molar-refractivity contribution in [3.05, 3.63) is 70.0 Å². The molecule has 0 unspecified atom stereocenters. The zero-order valence-electron chi connectivity index (χ0n) is 22.0. The van der Waals surface area contributed by atoms with E-state index in [1.54, 1.807) is 25.3 Å². The van der Waals surface area contributed by atoms with Gasteiger partial charge in [0.15, 0.2) is 0 Å². The van der Waals surface area contributed by atoms with E-state index in [-0.39, 0.29) is 36.4 Å². The summed E-state index contributed by atoms with van der Waals surface area (Å²) in [5.41, 5.74) is 0.267. The van der Waals surface area contributed by atoms with Gasteiger partial charge in [-0.3, -0.25) is 19.4 Å². The average Bonchev–Trinajstić information content (AvgIpc) is 3.67. The maximum absolute atomic E-state index is 12.7. The van der Waals surface area contributed by atoms with Crippen LogP contribution in [0.15, 0.2) is 48.8 Å². The summed E-state index contributed by atoms with van der Waals surface area (Å²) >= 11 is 7.69. The molecule has 1 aliphatic rings. The molecule has 2 aromatic heterocycles. The first-order chi connectivity index (χ1) is 19.3. The van der Waals surface area contributed by atoms with E-state index in [4.69, 9.17) is 25.8 Å². The standard InChI is InChI=1S/C28H29ClN4O6S/c1-3-37-25(34)15-31-27(36)23-12-19(10-11-30-23)26(35)33-17(2)4-8-21-14-32-28(40-21)39-24-9-7-20(13-22(24)29)38-16-18-5-6-18/h4,7-14,17-18H,3,5-6,15-16H2,1-2H3,(H,31,36)(H,33,35)/t17-/m0/s1. The fourth-order valence-electron chi connectivity index (χ4n) is 3.37. The summed E-state index contributed by atoms with van der Waals surface area (Å²) in [7, 11) is 0. The Balaban J connectivity index is 1.27. The van der Waals surface area contributed by atoms with Gasteiger partial charge in [-0.15, -0.1) is 0 Å². The lowest BCUT2D eigenvalue weighted by atomic mass is 10.2. The smallest absolute Gasteiger partial charge is 0.325 e. The SMILES string of the molecule is CCOC(=O)CNC(=O)c1cc(C(=O)N[C@@H](C)C=Cc2cnc(Oc3ccc(OCC4CC4)cc3Cl)s2)ccn1. The Bertz CT molecular complexity index is 1390. The highest BCUT2D eigenvalue weighted by molar-refractivity contribution is 7.14. The molecule has 4 rings (SSSR count). The Labute approximate surface area is 240 Å². The van der Waals surface area contributed by atoms with Crippen LogP contribution in [0.2, 0.25) is 5.02 Å². The first kappa shape index (κ1) is 29.0. The van der Waals surface area contributed by atoms with E-state index in [1.165, 1.54) is 42.5 Å². The van der Waals surface area contributed by atoms with Gasteiger partial charge in [-0.1, -0.05) is 29.0 Å². The summed E-state index contributed by atoms with van der Waals surface area (Å²) in [6.45, 7) is 4.12. The number of nitrogens with one attached hydrogen (secondary N) is 2. The third-order valence-electron chi connectivity index (χ3n) is 5.65. The molecule has 0 aliphatic heterocycles. The van der Waals surface area contributed by atoms with Crippen LogP contribution in [0, 0.1) is 5.92 Å². The van der Waals surface area contributed by atoms with Crippen LogP contribution < -0.4 is 20.1 Å². The predicted octanol–water partition coefficient (Wildman–Crippen LogP) is 4.90. The molecule has 1 aliphatic carbocycles. The fourth-order valence-corrected chi connectivity index (χ4v) is 4.27. The molecule has 1 atom stereocenters. The van der Waals surface area contributed by atoms with Crippen LogP contribution in [0.1, 0.15) is 52.4 Å². The van der Waals surface area contributed by atoms with Gasteiger partial charge < -0.3 is 24.8 Å². The molecule has 0 radical (unpaired) electrons. The van der Waals surface area contributed by atoms with E-state index in [2.05, 4.69) is 20.6 Å². The van der Waals surface area contributed by atoms with Crippen LogP contribution in [0.4, 0.5) is 0 Å². The number of aromatic nitrogens is 2. The molecule has 3 aromatic rings. The minimum Gasteiger partial charge on any atom is -0.493 e. The van der Waals surface area contributed by atoms with Crippen molar-refractivity contribution in [1.82, 2.24) is 20.6 Å². The third-order valence-corrected chi connectivity index (χ3v) is 6.78. The topological polar surface area (TPSA) is 129 Å². The van der Waals surface area contributed by atoms with Crippen molar-refractivity contribution in [2.24, 2.45) is 5.92 Å². The van der Waals surface area contributed by atoms with Crippen LogP contribution in [0.3, 0.4) is 0 Å². The Morgan fingerprint density at radius 3 is 2.75 bits per heavy atom. The molecule has 1 fully saturated rings. The molecule has 1 aromatic carbocycles. The molecular weight excluding hydrogens is 556 g/mol. The zero-order chi connectivity index (χ0) is 28.5. The van der Waals surface area contributed by atoms with Crippen LogP contribution >= 0.6 is 22.9 Å². The zero-order valence-corrected chi connectivity index (χ0v) is 23.6. The molecule has 210 valence electrons. The number of amides is 2. The Hall–Kier alpha value is -3.96. The lowest BCUT2D eigenvalue weighted by Gasteiger charge is -2.10. The number of hydrogen-bond acceptors (Lipinski definition) is 9. The van der Waals surface area contributed by atoms with E-state index in [1.807, 2.05) is 25.1 Å². The normalized spacial score (nSPS) is 13.5. The van der Waals surface area contributed by atoms with Gasteiger partial charge in [0.1, 0.15) is 23.7 Å². The minimum atomic E-state index is -0.585. The Morgan fingerprint density at radius 2 is 2.00 bits per heavy atom. The van der Waals surface area contributed by atoms with Crippen molar-refractivity contribution in [2.75, 3.05) is 19.8 Å². The molecule has 0 saturated heterocycles. The highest BCUT2D eigenvalue weighted by atomic mass is 35.5. The Morgan fingerprint density at radius 1 is 1.18 bits per heavy atom. The number of nitrogens with zero attached hydrogens (tertiary/aromatic N) is 2. The molecule has 0 bridgehead atoms. The van der Waals surface area contributed by atoms with Crippen LogP contribution in [-0.4, -0.2) is 53.6 Å². The quantitative estimate of drug-likeness (QED) is 0.272. The molecule has 1 saturated carbocycles. The Kier molecular flexibility index (Phi) is 10.1. The number of ether oxygens (including phenoxy) is 3. The van der Waals surface area contributed by atoms with Gasteiger partial charge in [-0.05, 0) is 62.9 Å². The van der Waals surface area contributed by atoms with Gasteiger partial charge in [0.05, 0.1) is 23.1 Å². The van der Waals surface area contributed by atoms with Gasteiger partial charge in [0.25, 0.3) is 17.0 Å². The summed E-state index contributed by atoms with van der Waals surface area (Å²) in [6.07, 6.45) is 9.08. The van der Waals surface area contributed by atoms with Crippen molar-refractivity contribution >= 4 is 46.8 Å². The molecule has 40 heavy (non-hydrogen) atoms. The first-order valence-corrected chi connectivity index (χ1v) is 13.9. The lowest BCUT2D eigenvalue weighted by molar-refractivity contribution is -0.141. The number of carbonyl (C=O) groups is 3. The van der Waals surface area contributed by atoms with Crippen molar-refractivity contribution in [3.8, 4) is 16.7 Å². The fraction of sp³-hybridized carbons (Fsp3) is 0.321. The number of rotatable bonds is 13. The highest BCUT2D eigenvalue weighted by Crippen LogP contribution is 2.35. The number of thiazole rings is 1. The van der Waals surface area contributed by atoms with Gasteiger partial charge in [-0.25, -0.2) is 4.98 Å². The highest BCUT2D eigenvalue weighted by Gasteiger charge is 2.22. The largest absolute Gasteiger partial charge is 0.493 e. The summed E-state index contributed by atoms with van der Waals surface area (Å²) in [4.78, 5) is 45.5. The van der Waals surface area contributed by atoms with Crippen molar-refractivity contribution in [2.45, 2.75) is 32.7 Å². The minimum absolute atomic E-state index is 0.0119. The van der Waals surface area contributed by atoms with E-state index >= 15 is 0 Å². The van der Waals surface area contributed by atoms with Gasteiger partial charge in [0.2, 0.25) is 0 Å². The van der Waals surface area contributed by atoms with Crippen LogP contribution in [-0.2, 0) is 9.53 Å². The molecule has 2 heterocycles. The van der Waals surface area contributed by atoms with Gasteiger partial charge in [0, 0.05) is 30.1 Å². The van der Waals surface area contributed by atoms with Gasteiger partial charge in [-0.2, -0.15) is 0 Å². The summed E-state index contributed by atoms with van der Waals surface area (Å²) in [5, 5.41) is 6.12. The second-order valence-electron chi connectivity index (χ2n) is 9.02. The lowest BCUT2D eigenvalue weighted by Crippen LogP contribution is -2.33. The summed E-state index contributed by atoms with van der Waals surface area (Å²) in [5.74, 6) is 0.321. The van der Waals surface area contributed by atoms with E-state index < -0.39 is 11.9 Å². The summed E-state index contributed by atoms with van der Waals surface area (Å²) < 4.78 is 16.4. The number of pyridine rings is 1. The summed E-state index contributed by atoms with van der Waals surface area (Å²) in [6, 6.07) is 7.84. The second kappa shape index (κ2) is 13.9. The molecule has 0 spiro atoms. The van der Waals surface area contributed by atoms with E-state index in [0.717, 1.165) is 4.88 Å². The van der Waals surface area contributed by atoms with Crippen molar-refractivity contribution in [3.63, 3.8) is 0 Å². The number of halogens is 1. The molecule has 10 nitrogen and oxygen atoms in total.